The lowest BCUT2D eigenvalue weighted by molar-refractivity contribution is 0.452. The molecule has 1 heterocycles. The second-order valence-corrected chi connectivity index (χ2v) is 4.31. The maximum Gasteiger partial charge on any atom is 0.227 e. The van der Waals surface area contributed by atoms with Crippen LogP contribution in [0.4, 0.5) is 10.2 Å². The summed E-state index contributed by atoms with van der Waals surface area (Å²) in [5.41, 5.74) is 7.13. The molecule has 1 aromatic heterocycles. The molecule has 0 atom stereocenters. The first-order valence-electron chi connectivity index (χ1n) is 6.15. The molecule has 2 aromatic rings. The van der Waals surface area contributed by atoms with Crippen LogP contribution in [0.15, 0.2) is 24.5 Å². The van der Waals surface area contributed by atoms with Gasteiger partial charge in [-0.3, -0.25) is 0 Å². The summed E-state index contributed by atoms with van der Waals surface area (Å²) in [5.74, 6) is 1.13. The average Bonchev–Trinajstić information content (AvgIpc) is 2.38. The highest BCUT2D eigenvalue weighted by Gasteiger charge is 2.11. The Kier molecular flexibility index (Phi) is 3.94. The van der Waals surface area contributed by atoms with E-state index >= 15 is 0 Å². The van der Waals surface area contributed by atoms with Gasteiger partial charge >= 0.3 is 0 Å². The van der Waals surface area contributed by atoms with E-state index in [1.165, 1.54) is 12.4 Å². The molecule has 0 saturated carbocycles. The average molecular weight is 261 g/mol. The van der Waals surface area contributed by atoms with Crippen LogP contribution < -0.4 is 10.5 Å². The van der Waals surface area contributed by atoms with Crippen molar-refractivity contribution in [2.75, 3.05) is 5.73 Å². The minimum atomic E-state index is -0.261. The number of hydrogen-bond donors (Lipinski definition) is 1. The molecule has 0 radical (unpaired) electrons. The van der Waals surface area contributed by atoms with Gasteiger partial charge in [0.1, 0.15) is 23.7 Å². The second-order valence-electron chi connectivity index (χ2n) is 4.31. The maximum absolute atomic E-state index is 13.2. The number of nitrogen functional groups attached to an aromatic ring is 1. The number of nitrogens with zero attached hydrogens (tertiary/aromatic N) is 2. The minimum Gasteiger partial charge on any atom is -0.439 e. The van der Waals surface area contributed by atoms with E-state index < -0.39 is 0 Å². The van der Waals surface area contributed by atoms with Gasteiger partial charge in [-0.25, -0.2) is 14.4 Å². The van der Waals surface area contributed by atoms with Crippen LogP contribution in [-0.2, 0) is 6.42 Å². The summed E-state index contributed by atoms with van der Waals surface area (Å²) in [4.78, 5) is 8.06. The van der Waals surface area contributed by atoms with Gasteiger partial charge in [0, 0.05) is 0 Å². The predicted molar refractivity (Wildman–Crippen MR) is 71.7 cm³/mol. The summed E-state index contributed by atoms with van der Waals surface area (Å²) in [6, 6.07) is 4.56. The van der Waals surface area contributed by atoms with Crippen LogP contribution in [0.5, 0.6) is 11.6 Å². The zero-order valence-corrected chi connectivity index (χ0v) is 11.0. The Morgan fingerprint density at radius 3 is 2.79 bits per heavy atom. The monoisotopic (exact) mass is 261 g/mol. The summed E-state index contributed by atoms with van der Waals surface area (Å²) in [6.07, 6.45) is 3.01. The Labute approximate surface area is 111 Å². The van der Waals surface area contributed by atoms with Crippen molar-refractivity contribution in [2.45, 2.75) is 26.7 Å². The lowest BCUT2D eigenvalue weighted by Crippen LogP contribution is -2.02. The number of benzene rings is 1. The van der Waals surface area contributed by atoms with E-state index in [2.05, 4.69) is 9.97 Å². The molecule has 0 spiro atoms. The molecule has 0 aliphatic heterocycles. The molecular formula is C14H16FN3O. The second kappa shape index (κ2) is 5.65. The molecule has 0 fully saturated rings. The summed E-state index contributed by atoms with van der Waals surface area (Å²) < 4.78 is 18.9. The molecule has 0 unspecified atom stereocenters. The highest BCUT2D eigenvalue weighted by atomic mass is 19.1. The first-order valence-corrected chi connectivity index (χ1v) is 6.15. The molecule has 0 bridgehead atoms. The number of nitrogens with two attached hydrogens (primary N) is 1. The van der Waals surface area contributed by atoms with Crippen molar-refractivity contribution in [1.29, 1.82) is 0 Å². The Balaban J connectivity index is 2.32. The van der Waals surface area contributed by atoms with Crippen LogP contribution in [0.2, 0.25) is 0 Å². The van der Waals surface area contributed by atoms with Gasteiger partial charge in [-0.1, -0.05) is 13.3 Å². The van der Waals surface area contributed by atoms with E-state index in [0.717, 1.165) is 18.4 Å². The van der Waals surface area contributed by atoms with Crippen molar-refractivity contribution >= 4 is 5.82 Å². The van der Waals surface area contributed by atoms with Crippen molar-refractivity contribution in [3.63, 3.8) is 0 Å². The van der Waals surface area contributed by atoms with Crippen LogP contribution in [0.25, 0.3) is 0 Å². The summed E-state index contributed by atoms with van der Waals surface area (Å²) in [7, 11) is 0. The largest absolute Gasteiger partial charge is 0.439 e. The van der Waals surface area contributed by atoms with E-state index in [-0.39, 0.29) is 5.82 Å². The summed E-state index contributed by atoms with van der Waals surface area (Å²) in [6.45, 7) is 3.72. The van der Waals surface area contributed by atoms with Crippen molar-refractivity contribution in [3.8, 4) is 11.6 Å². The molecule has 0 saturated heterocycles. The molecule has 100 valence electrons. The van der Waals surface area contributed by atoms with Gasteiger partial charge in [-0.2, -0.15) is 0 Å². The van der Waals surface area contributed by atoms with Crippen LogP contribution in [0.3, 0.4) is 0 Å². The number of ether oxygens (including phenoxy) is 1. The van der Waals surface area contributed by atoms with E-state index in [0.29, 0.717) is 23.0 Å². The Hall–Kier alpha value is -2.17. The molecule has 19 heavy (non-hydrogen) atoms. The molecule has 0 aliphatic carbocycles. The third-order valence-electron chi connectivity index (χ3n) is 2.78. The lowest BCUT2D eigenvalue weighted by atomic mass is 10.2. The first-order chi connectivity index (χ1) is 9.11. The highest BCUT2D eigenvalue weighted by Crippen LogP contribution is 2.27. The fraction of sp³-hybridized carbons (Fsp3) is 0.286. The van der Waals surface area contributed by atoms with Gasteiger partial charge in [-0.15, -0.1) is 0 Å². The molecule has 1 aromatic carbocycles. The van der Waals surface area contributed by atoms with Gasteiger partial charge in [0.05, 0.1) is 5.56 Å². The summed E-state index contributed by atoms with van der Waals surface area (Å²) in [5, 5.41) is 0. The van der Waals surface area contributed by atoms with E-state index in [1.54, 1.807) is 19.1 Å². The van der Waals surface area contributed by atoms with E-state index in [1.807, 2.05) is 6.92 Å². The van der Waals surface area contributed by atoms with Crippen LogP contribution >= 0.6 is 0 Å². The highest BCUT2D eigenvalue weighted by molar-refractivity contribution is 5.46. The normalized spacial score (nSPS) is 10.5. The van der Waals surface area contributed by atoms with Crippen molar-refractivity contribution in [2.24, 2.45) is 0 Å². The molecule has 2 N–H and O–H groups in total. The van der Waals surface area contributed by atoms with Crippen LogP contribution in [0, 0.1) is 12.7 Å². The molecule has 0 amide bonds. The quantitative estimate of drug-likeness (QED) is 0.917. The number of halogens is 1. The van der Waals surface area contributed by atoms with Crippen LogP contribution in [-0.4, -0.2) is 9.97 Å². The van der Waals surface area contributed by atoms with Gasteiger partial charge in [0.15, 0.2) is 0 Å². The minimum absolute atomic E-state index is 0.261. The molecule has 0 aliphatic rings. The standard InChI is InChI=1S/C14H16FN3O/c1-3-4-11-13(16)17-8-18-14(11)19-10-5-6-12(15)9(2)7-10/h5-8H,3-4H2,1-2H3,(H2,16,17,18). The Bertz CT molecular complexity index is 587. The number of rotatable bonds is 4. The number of anilines is 1. The van der Waals surface area contributed by atoms with Gasteiger partial charge in [0.2, 0.25) is 5.88 Å². The van der Waals surface area contributed by atoms with E-state index in [9.17, 15) is 4.39 Å². The Morgan fingerprint density at radius 2 is 2.11 bits per heavy atom. The van der Waals surface area contributed by atoms with Crippen LogP contribution in [0.1, 0.15) is 24.5 Å². The maximum atomic E-state index is 13.2. The molecule has 4 nitrogen and oxygen atoms in total. The zero-order chi connectivity index (χ0) is 13.8. The number of aromatic nitrogens is 2. The summed E-state index contributed by atoms with van der Waals surface area (Å²) >= 11 is 0. The van der Waals surface area contributed by atoms with E-state index in [4.69, 9.17) is 10.5 Å². The first kappa shape index (κ1) is 13.3. The fourth-order valence-corrected chi connectivity index (χ4v) is 1.77. The van der Waals surface area contributed by atoms with Gasteiger partial charge in [0.25, 0.3) is 0 Å². The van der Waals surface area contributed by atoms with Crippen molar-refractivity contribution < 1.29 is 9.13 Å². The SMILES string of the molecule is CCCc1c(N)ncnc1Oc1ccc(F)c(C)c1. The third-order valence-corrected chi connectivity index (χ3v) is 2.78. The Morgan fingerprint density at radius 1 is 1.32 bits per heavy atom. The third kappa shape index (κ3) is 2.99. The molecular weight excluding hydrogens is 245 g/mol. The molecule has 5 heteroatoms. The number of aryl methyl sites for hydroxylation is 1. The van der Waals surface area contributed by atoms with Gasteiger partial charge in [-0.05, 0) is 37.1 Å². The van der Waals surface area contributed by atoms with Gasteiger partial charge < -0.3 is 10.5 Å². The number of hydrogen-bond acceptors (Lipinski definition) is 4. The smallest absolute Gasteiger partial charge is 0.227 e. The lowest BCUT2D eigenvalue weighted by Gasteiger charge is -2.11. The fourth-order valence-electron chi connectivity index (χ4n) is 1.77. The zero-order valence-electron chi connectivity index (χ0n) is 11.0. The van der Waals surface area contributed by atoms with Crippen molar-refractivity contribution in [1.82, 2.24) is 9.97 Å². The topological polar surface area (TPSA) is 61.0 Å². The van der Waals surface area contributed by atoms with Crippen molar-refractivity contribution in [3.05, 3.63) is 41.5 Å². The molecule has 2 rings (SSSR count). The predicted octanol–water partition coefficient (Wildman–Crippen LogP) is 3.25.